The molecule has 2 atom stereocenters. The largest absolute Gasteiger partial charge is 0.244 e. The normalized spacial score (nSPS) is 25.5. The molecule has 1 saturated heterocycles. The molecule has 0 aliphatic carbocycles. The molecule has 0 spiro atoms. The molecule has 1 aromatic rings. The molecular formula is C13H17Br2NO2S. The number of hydrogen-bond acceptors (Lipinski definition) is 2. The SMILES string of the molecule is CC1CCN(S(=O)(=O)c2cc(Br)ccc2Br)CC1C. The van der Waals surface area contributed by atoms with Crippen molar-refractivity contribution in [3.8, 4) is 0 Å². The Morgan fingerprint density at radius 3 is 2.53 bits per heavy atom. The molecule has 1 aromatic carbocycles. The lowest BCUT2D eigenvalue weighted by Gasteiger charge is -2.34. The van der Waals surface area contributed by atoms with Gasteiger partial charge in [0.05, 0.1) is 4.90 Å². The van der Waals surface area contributed by atoms with Crippen molar-refractivity contribution in [2.24, 2.45) is 11.8 Å². The molecule has 0 amide bonds. The number of nitrogens with zero attached hydrogens (tertiary/aromatic N) is 1. The van der Waals surface area contributed by atoms with Crippen LogP contribution in [-0.2, 0) is 10.0 Å². The van der Waals surface area contributed by atoms with Gasteiger partial charge in [-0.3, -0.25) is 0 Å². The molecule has 1 fully saturated rings. The summed E-state index contributed by atoms with van der Waals surface area (Å²) in [5.41, 5.74) is 0. The van der Waals surface area contributed by atoms with Crippen molar-refractivity contribution in [1.29, 1.82) is 0 Å². The van der Waals surface area contributed by atoms with E-state index in [2.05, 4.69) is 45.7 Å². The van der Waals surface area contributed by atoms with Crippen LogP contribution in [0.25, 0.3) is 0 Å². The summed E-state index contributed by atoms with van der Waals surface area (Å²) < 4.78 is 28.4. The van der Waals surface area contributed by atoms with Crippen LogP contribution in [0.5, 0.6) is 0 Å². The van der Waals surface area contributed by atoms with Gasteiger partial charge in [-0.25, -0.2) is 8.42 Å². The lowest BCUT2D eigenvalue weighted by atomic mass is 9.90. The zero-order valence-corrected chi connectivity index (χ0v) is 14.9. The molecule has 0 aromatic heterocycles. The van der Waals surface area contributed by atoms with Gasteiger partial charge in [0.25, 0.3) is 0 Å². The number of rotatable bonds is 2. The van der Waals surface area contributed by atoms with E-state index in [9.17, 15) is 8.42 Å². The molecule has 0 saturated carbocycles. The Hall–Kier alpha value is 0.0900. The van der Waals surface area contributed by atoms with Gasteiger partial charge < -0.3 is 0 Å². The number of sulfonamides is 1. The minimum atomic E-state index is -3.42. The quantitative estimate of drug-likeness (QED) is 0.741. The van der Waals surface area contributed by atoms with Crippen molar-refractivity contribution in [3.05, 3.63) is 27.1 Å². The van der Waals surface area contributed by atoms with E-state index in [4.69, 9.17) is 0 Å². The molecule has 0 bridgehead atoms. The predicted octanol–water partition coefficient (Wildman–Crippen LogP) is 3.88. The standard InChI is InChI=1S/C13H17Br2NO2S/c1-9-5-6-16(8-10(9)2)19(17,18)13-7-11(14)3-4-12(13)15/h3-4,7,9-10H,5-6,8H2,1-2H3. The molecule has 0 radical (unpaired) electrons. The number of benzene rings is 1. The molecule has 3 nitrogen and oxygen atoms in total. The van der Waals surface area contributed by atoms with Gasteiger partial charge in [-0.2, -0.15) is 4.31 Å². The molecule has 2 unspecified atom stereocenters. The fourth-order valence-electron chi connectivity index (χ4n) is 2.26. The molecule has 19 heavy (non-hydrogen) atoms. The zero-order chi connectivity index (χ0) is 14.2. The maximum Gasteiger partial charge on any atom is 0.244 e. The Labute approximate surface area is 131 Å². The highest BCUT2D eigenvalue weighted by atomic mass is 79.9. The van der Waals surface area contributed by atoms with Gasteiger partial charge in [-0.05, 0) is 52.4 Å². The van der Waals surface area contributed by atoms with E-state index in [1.807, 2.05) is 6.07 Å². The summed E-state index contributed by atoms with van der Waals surface area (Å²) in [4.78, 5) is 0.337. The summed E-state index contributed by atoms with van der Waals surface area (Å²) in [5.74, 6) is 0.979. The zero-order valence-electron chi connectivity index (χ0n) is 10.9. The Balaban J connectivity index is 2.35. The fourth-order valence-corrected chi connectivity index (χ4v) is 5.28. The second-order valence-electron chi connectivity index (χ2n) is 5.18. The summed E-state index contributed by atoms with van der Waals surface area (Å²) in [6.07, 6.45) is 0.923. The maximum absolute atomic E-state index is 12.7. The summed E-state index contributed by atoms with van der Waals surface area (Å²) in [6.45, 7) is 5.50. The number of piperidine rings is 1. The van der Waals surface area contributed by atoms with Crippen LogP contribution in [0.2, 0.25) is 0 Å². The summed E-state index contributed by atoms with van der Waals surface area (Å²) >= 11 is 6.66. The van der Waals surface area contributed by atoms with Gasteiger partial charge >= 0.3 is 0 Å². The molecule has 1 aliphatic heterocycles. The minimum Gasteiger partial charge on any atom is -0.207 e. The predicted molar refractivity (Wildman–Crippen MR) is 83.5 cm³/mol. The molecule has 0 N–H and O–H groups in total. The smallest absolute Gasteiger partial charge is 0.207 e. The van der Waals surface area contributed by atoms with Crippen molar-refractivity contribution >= 4 is 41.9 Å². The molecule has 1 heterocycles. The lowest BCUT2D eigenvalue weighted by molar-refractivity contribution is 0.212. The third-order valence-electron chi connectivity index (χ3n) is 3.81. The second kappa shape index (κ2) is 5.84. The third-order valence-corrected chi connectivity index (χ3v) is 7.16. The van der Waals surface area contributed by atoms with Gasteiger partial charge in [-0.15, -0.1) is 0 Å². The van der Waals surface area contributed by atoms with Gasteiger partial charge in [-0.1, -0.05) is 29.8 Å². The van der Waals surface area contributed by atoms with Gasteiger partial charge in [0.1, 0.15) is 0 Å². The molecule has 2 rings (SSSR count). The third kappa shape index (κ3) is 3.23. The topological polar surface area (TPSA) is 37.4 Å². The Morgan fingerprint density at radius 2 is 1.89 bits per heavy atom. The van der Waals surface area contributed by atoms with E-state index in [-0.39, 0.29) is 0 Å². The first-order chi connectivity index (χ1) is 8.82. The van der Waals surface area contributed by atoms with Crippen LogP contribution in [-0.4, -0.2) is 25.8 Å². The highest BCUT2D eigenvalue weighted by Gasteiger charge is 2.32. The van der Waals surface area contributed by atoms with Gasteiger partial charge in [0.15, 0.2) is 0 Å². The molecule has 1 aliphatic rings. The van der Waals surface area contributed by atoms with Crippen LogP contribution in [0.1, 0.15) is 20.3 Å². The second-order valence-corrected chi connectivity index (χ2v) is 8.86. The highest BCUT2D eigenvalue weighted by Crippen LogP contribution is 2.32. The Kier molecular flexibility index (Phi) is 4.75. The van der Waals surface area contributed by atoms with Gasteiger partial charge in [0.2, 0.25) is 10.0 Å². The van der Waals surface area contributed by atoms with Crippen LogP contribution in [0.4, 0.5) is 0 Å². The van der Waals surface area contributed by atoms with Crippen LogP contribution < -0.4 is 0 Å². The van der Waals surface area contributed by atoms with Crippen LogP contribution in [0, 0.1) is 11.8 Å². The first kappa shape index (κ1) is 15.5. The lowest BCUT2D eigenvalue weighted by Crippen LogP contribution is -2.42. The summed E-state index contributed by atoms with van der Waals surface area (Å²) in [6, 6.07) is 5.24. The van der Waals surface area contributed by atoms with Crippen molar-refractivity contribution in [2.75, 3.05) is 13.1 Å². The summed E-state index contributed by atoms with van der Waals surface area (Å²) in [5, 5.41) is 0. The average molecular weight is 411 g/mol. The van der Waals surface area contributed by atoms with E-state index in [0.717, 1.165) is 10.9 Å². The minimum absolute atomic E-state index is 0.337. The van der Waals surface area contributed by atoms with E-state index in [0.29, 0.717) is 34.3 Å². The highest BCUT2D eigenvalue weighted by molar-refractivity contribution is 9.11. The van der Waals surface area contributed by atoms with Crippen molar-refractivity contribution in [3.63, 3.8) is 0 Å². The molecule has 6 heteroatoms. The van der Waals surface area contributed by atoms with Crippen molar-refractivity contribution < 1.29 is 8.42 Å². The van der Waals surface area contributed by atoms with Gasteiger partial charge in [0, 0.05) is 22.0 Å². The maximum atomic E-state index is 12.7. The first-order valence-corrected chi connectivity index (χ1v) is 9.30. The summed E-state index contributed by atoms with van der Waals surface area (Å²) in [7, 11) is -3.42. The van der Waals surface area contributed by atoms with Crippen LogP contribution >= 0.6 is 31.9 Å². The van der Waals surface area contributed by atoms with E-state index in [1.165, 1.54) is 0 Å². The van der Waals surface area contributed by atoms with Crippen molar-refractivity contribution in [2.45, 2.75) is 25.2 Å². The molecule has 106 valence electrons. The monoisotopic (exact) mass is 409 g/mol. The molecular weight excluding hydrogens is 394 g/mol. The number of hydrogen-bond donors (Lipinski definition) is 0. The van der Waals surface area contributed by atoms with Crippen LogP contribution in [0.3, 0.4) is 0 Å². The first-order valence-electron chi connectivity index (χ1n) is 6.27. The average Bonchev–Trinajstić information content (AvgIpc) is 2.35. The van der Waals surface area contributed by atoms with Crippen LogP contribution in [0.15, 0.2) is 32.0 Å². The van der Waals surface area contributed by atoms with Crippen molar-refractivity contribution in [1.82, 2.24) is 4.31 Å². The Morgan fingerprint density at radius 1 is 1.21 bits per heavy atom. The number of halogens is 2. The van der Waals surface area contributed by atoms with E-state index in [1.54, 1.807) is 16.4 Å². The van der Waals surface area contributed by atoms with E-state index >= 15 is 0 Å². The Bertz CT molecular complexity index is 574. The fraction of sp³-hybridized carbons (Fsp3) is 0.538. The van der Waals surface area contributed by atoms with E-state index < -0.39 is 10.0 Å².